The van der Waals surface area contributed by atoms with Crippen molar-refractivity contribution < 1.29 is 23.1 Å². The Kier molecular flexibility index (Phi) is 5.69. The number of anilines is 1. The van der Waals surface area contributed by atoms with E-state index in [1.54, 1.807) is 29.2 Å². The zero-order valence-corrected chi connectivity index (χ0v) is 14.7. The first kappa shape index (κ1) is 18.8. The molecule has 0 atom stereocenters. The Balaban J connectivity index is 1.68. The highest BCUT2D eigenvalue weighted by Crippen LogP contribution is 2.30. The molecule has 0 saturated carbocycles. The Morgan fingerprint density at radius 2 is 1.89 bits per heavy atom. The molecule has 0 radical (unpaired) electrons. The van der Waals surface area contributed by atoms with Crippen LogP contribution in [0.15, 0.2) is 42.5 Å². The molecule has 5 nitrogen and oxygen atoms in total. The number of primary amides is 1. The van der Waals surface area contributed by atoms with Crippen molar-refractivity contribution in [3.8, 4) is 5.75 Å². The highest BCUT2D eigenvalue weighted by Gasteiger charge is 2.25. The highest BCUT2D eigenvalue weighted by atomic mass is 19.3. The number of nitrogens with two attached hydrogens (primary N) is 1. The van der Waals surface area contributed by atoms with Crippen LogP contribution in [0.4, 0.5) is 14.5 Å². The molecule has 2 aromatic carbocycles. The third-order valence-electron chi connectivity index (χ3n) is 4.59. The molecule has 0 saturated heterocycles. The third-order valence-corrected chi connectivity index (χ3v) is 4.59. The van der Waals surface area contributed by atoms with Crippen LogP contribution < -0.4 is 15.4 Å². The van der Waals surface area contributed by atoms with E-state index in [2.05, 4.69) is 4.74 Å². The Morgan fingerprint density at radius 3 is 2.56 bits per heavy atom. The van der Waals surface area contributed by atoms with Gasteiger partial charge in [-0.1, -0.05) is 18.2 Å². The molecule has 0 bridgehead atoms. The van der Waals surface area contributed by atoms with Gasteiger partial charge in [0.2, 0.25) is 11.8 Å². The fourth-order valence-corrected chi connectivity index (χ4v) is 3.34. The molecule has 27 heavy (non-hydrogen) atoms. The molecular formula is C20H20F2N2O3. The number of carbonyl (C=O) groups excluding carboxylic acids is 2. The number of alkyl halides is 2. The van der Waals surface area contributed by atoms with Crippen molar-refractivity contribution in [2.45, 2.75) is 32.3 Å². The topological polar surface area (TPSA) is 72.6 Å². The van der Waals surface area contributed by atoms with Gasteiger partial charge in [0.05, 0.1) is 0 Å². The van der Waals surface area contributed by atoms with Crippen LogP contribution in [0.25, 0.3) is 0 Å². The minimum Gasteiger partial charge on any atom is -0.435 e. The van der Waals surface area contributed by atoms with E-state index in [1.165, 1.54) is 12.1 Å². The highest BCUT2D eigenvalue weighted by molar-refractivity contribution is 6.00. The van der Waals surface area contributed by atoms with Gasteiger partial charge in [-0.05, 0) is 54.7 Å². The van der Waals surface area contributed by atoms with Gasteiger partial charge in [-0.15, -0.1) is 0 Å². The lowest BCUT2D eigenvalue weighted by atomic mass is 9.95. The number of halogens is 2. The number of amides is 2. The standard InChI is InChI=1S/C20H20F2N2O3/c21-20(22)27-14-9-6-13(7-10-14)8-11-18(25)24-12-2-4-15-16(19(23)26)3-1-5-17(15)24/h1,3,5-7,9-10,20H,2,4,8,11-12H2,(H2,23,26). The summed E-state index contributed by atoms with van der Waals surface area (Å²) in [5, 5.41) is 0. The first-order chi connectivity index (χ1) is 13.0. The second-order valence-corrected chi connectivity index (χ2v) is 6.34. The molecule has 142 valence electrons. The number of fused-ring (bicyclic) bond motifs is 1. The fraction of sp³-hybridized carbons (Fsp3) is 0.300. The zero-order chi connectivity index (χ0) is 19.4. The second kappa shape index (κ2) is 8.16. The Bertz CT molecular complexity index is 838. The van der Waals surface area contributed by atoms with Crippen molar-refractivity contribution in [1.82, 2.24) is 0 Å². The summed E-state index contributed by atoms with van der Waals surface area (Å²) < 4.78 is 28.7. The normalized spacial score (nSPS) is 13.4. The molecule has 7 heteroatoms. The van der Waals surface area contributed by atoms with E-state index < -0.39 is 12.5 Å². The molecule has 2 N–H and O–H groups in total. The Hall–Kier alpha value is -2.96. The average molecular weight is 374 g/mol. The van der Waals surface area contributed by atoms with Gasteiger partial charge in [0.15, 0.2) is 0 Å². The molecule has 0 fully saturated rings. The van der Waals surface area contributed by atoms with Crippen molar-refractivity contribution in [3.63, 3.8) is 0 Å². The molecular weight excluding hydrogens is 354 g/mol. The summed E-state index contributed by atoms with van der Waals surface area (Å²) in [4.78, 5) is 26.0. The van der Waals surface area contributed by atoms with Crippen molar-refractivity contribution in [2.75, 3.05) is 11.4 Å². The summed E-state index contributed by atoms with van der Waals surface area (Å²) in [6.07, 6.45) is 2.23. The van der Waals surface area contributed by atoms with Crippen molar-refractivity contribution >= 4 is 17.5 Å². The van der Waals surface area contributed by atoms with Gasteiger partial charge < -0.3 is 15.4 Å². The van der Waals surface area contributed by atoms with E-state index in [-0.39, 0.29) is 18.1 Å². The molecule has 0 unspecified atom stereocenters. The van der Waals surface area contributed by atoms with Crippen LogP contribution in [-0.4, -0.2) is 25.0 Å². The quantitative estimate of drug-likeness (QED) is 0.843. The lowest BCUT2D eigenvalue weighted by Crippen LogP contribution is -2.36. The molecule has 2 amide bonds. The predicted octanol–water partition coefficient (Wildman–Crippen LogP) is 3.30. The average Bonchev–Trinajstić information content (AvgIpc) is 2.65. The summed E-state index contributed by atoms with van der Waals surface area (Å²) in [6.45, 7) is -2.27. The van der Waals surface area contributed by atoms with Gasteiger partial charge in [-0.2, -0.15) is 8.78 Å². The number of benzene rings is 2. The van der Waals surface area contributed by atoms with E-state index >= 15 is 0 Å². The molecule has 0 aromatic heterocycles. The first-order valence-electron chi connectivity index (χ1n) is 8.71. The van der Waals surface area contributed by atoms with Gasteiger partial charge in [0.25, 0.3) is 0 Å². The maximum absolute atomic E-state index is 12.7. The number of hydrogen-bond acceptors (Lipinski definition) is 3. The Labute approximate surface area is 155 Å². The van der Waals surface area contributed by atoms with Crippen LogP contribution in [0, 0.1) is 0 Å². The molecule has 0 spiro atoms. The largest absolute Gasteiger partial charge is 0.435 e. The second-order valence-electron chi connectivity index (χ2n) is 6.34. The first-order valence-corrected chi connectivity index (χ1v) is 8.71. The predicted molar refractivity (Wildman–Crippen MR) is 97.0 cm³/mol. The molecule has 1 aliphatic rings. The van der Waals surface area contributed by atoms with Crippen molar-refractivity contribution in [3.05, 3.63) is 59.2 Å². The zero-order valence-electron chi connectivity index (χ0n) is 14.7. The lowest BCUT2D eigenvalue weighted by Gasteiger charge is -2.30. The SMILES string of the molecule is NC(=O)c1cccc2c1CCCN2C(=O)CCc1ccc(OC(F)F)cc1. The molecule has 1 heterocycles. The van der Waals surface area contributed by atoms with Crippen molar-refractivity contribution in [2.24, 2.45) is 5.73 Å². The van der Waals surface area contributed by atoms with Crippen LogP contribution in [0.3, 0.4) is 0 Å². The maximum atomic E-state index is 12.7. The maximum Gasteiger partial charge on any atom is 0.387 e. The van der Waals surface area contributed by atoms with E-state index in [9.17, 15) is 18.4 Å². The minimum atomic E-state index is -2.86. The fourth-order valence-electron chi connectivity index (χ4n) is 3.34. The minimum absolute atomic E-state index is 0.0505. The van der Waals surface area contributed by atoms with E-state index in [0.717, 1.165) is 23.2 Å². The van der Waals surface area contributed by atoms with Crippen molar-refractivity contribution in [1.29, 1.82) is 0 Å². The number of rotatable bonds is 6. The summed E-state index contributed by atoms with van der Waals surface area (Å²) >= 11 is 0. The summed E-state index contributed by atoms with van der Waals surface area (Å²) in [5.41, 5.74) is 8.31. The summed E-state index contributed by atoms with van der Waals surface area (Å²) in [6, 6.07) is 11.5. The van der Waals surface area contributed by atoms with E-state index in [1.807, 2.05) is 6.07 Å². The Morgan fingerprint density at radius 1 is 1.15 bits per heavy atom. The van der Waals surface area contributed by atoms with Gasteiger partial charge in [-0.25, -0.2) is 0 Å². The number of nitrogens with zero attached hydrogens (tertiary/aromatic N) is 1. The lowest BCUT2D eigenvalue weighted by molar-refractivity contribution is -0.118. The third kappa shape index (κ3) is 4.42. The van der Waals surface area contributed by atoms with Crippen LogP contribution >= 0.6 is 0 Å². The molecule has 0 aliphatic carbocycles. The number of hydrogen-bond donors (Lipinski definition) is 1. The van der Waals surface area contributed by atoms with Gasteiger partial charge in [0.1, 0.15) is 5.75 Å². The number of carbonyl (C=O) groups is 2. The molecule has 1 aliphatic heterocycles. The van der Waals surface area contributed by atoms with Gasteiger partial charge >= 0.3 is 6.61 Å². The number of aryl methyl sites for hydroxylation is 1. The smallest absolute Gasteiger partial charge is 0.387 e. The van der Waals surface area contributed by atoms with Gasteiger partial charge in [0, 0.05) is 24.2 Å². The monoisotopic (exact) mass is 374 g/mol. The van der Waals surface area contributed by atoms with E-state index in [0.29, 0.717) is 24.9 Å². The van der Waals surface area contributed by atoms with E-state index in [4.69, 9.17) is 5.73 Å². The van der Waals surface area contributed by atoms with Gasteiger partial charge in [-0.3, -0.25) is 9.59 Å². The van der Waals surface area contributed by atoms with Crippen LogP contribution in [0.5, 0.6) is 5.75 Å². The van der Waals surface area contributed by atoms with Crippen LogP contribution in [-0.2, 0) is 17.6 Å². The molecule has 3 rings (SSSR count). The number of ether oxygens (including phenoxy) is 1. The molecule has 2 aromatic rings. The summed E-state index contributed by atoms with van der Waals surface area (Å²) in [7, 11) is 0. The summed E-state index contributed by atoms with van der Waals surface area (Å²) in [5.74, 6) is -0.457. The van der Waals surface area contributed by atoms with Crippen LogP contribution in [0.2, 0.25) is 0 Å². The van der Waals surface area contributed by atoms with Crippen LogP contribution in [0.1, 0.15) is 34.3 Å².